The van der Waals surface area contributed by atoms with Crippen LogP contribution in [0.3, 0.4) is 0 Å². The van der Waals surface area contributed by atoms with E-state index in [1.54, 1.807) is 17.7 Å². The topological polar surface area (TPSA) is 70.4 Å². The molecule has 3 aromatic rings. The second kappa shape index (κ2) is 11.9. The monoisotopic (exact) mass is 451 g/mol. The van der Waals surface area contributed by atoms with Gasteiger partial charge in [-0.3, -0.25) is 4.79 Å². The van der Waals surface area contributed by atoms with E-state index in [2.05, 4.69) is 64.5 Å². The zero-order valence-corrected chi connectivity index (χ0v) is 20.7. The fraction of sp³-hybridized carbons (Fsp3) is 0.520. The van der Waals surface area contributed by atoms with Crippen molar-refractivity contribution in [2.75, 3.05) is 57.3 Å². The van der Waals surface area contributed by atoms with Crippen LogP contribution in [0.15, 0.2) is 36.8 Å². The summed E-state index contributed by atoms with van der Waals surface area (Å²) < 4.78 is 1.60. The van der Waals surface area contributed by atoms with Crippen molar-refractivity contribution in [3.63, 3.8) is 0 Å². The van der Waals surface area contributed by atoms with Gasteiger partial charge in [0.15, 0.2) is 11.5 Å². The van der Waals surface area contributed by atoms with Crippen LogP contribution in [-0.2, 0) is 0 Å². The number of nitrogens with zero attached hydrogens (tertiary/aromatic N) is 7. The van der Waals surface area contributed by atoms with Crippen LogP contribution in [0.25, 0.3) is 22.6 Å². The second-order valence-electron chi connectivity index (χ2n) is 8.08. The Bertz CT molecular complexity index is 1020. The van der Waals surface area contributed by atoms with Gasteiger partial charge in [0.1, 0.15) is 11.8 Å². The lowest BCUT2D eigenvalue weighted by Gasteiger charge is -2.31. The number of aromatic nitrogens is 4. The zero-order chi connectivity index (χ0) is 23.8. The minimum absolute atomic E-state index is 0.112. The van der Waals surface area contributed by atoms with Gasteiger partial charge >= 0.3 is 0 Å². The summed E-state index contributed by atoms with van der Waals surface area (Å²) in [4.78, 5) is 33.1. The maximum absolute atomic E-state index is 12.6. The first kappa shape index (κ1) is 24.8. The smallest absolute Gasteiger partial charge is 0.230 e. The lowest BCUT2D eigenvalue weighted by Crippen LogP contribution is -2.40. The average Bonchev–Trinajstić information content (AvgIpc) is 3.23. The molecular formula is C25H37N7O. The molecule has 0 saturated heterocycles. The van der Waals surface area contributed by atoms with Gasteiger partial charge in [-0.05, 0) is 38.3 Å². The first-order valence-corrected chi connectivity index (χ1v) is 12.0. The van der Waals surface area contributed by atoms with Gasteiger partial charge in [-0.2, -0.15) is 0 Å². The Labute approximate surface area is 197 Å². The van der Waals surface area contributed by atoms with E-state index in [0.29, 0.717) is 17.0 Å². The van der Waals surface area contributed by atoms with Gasteiger partial charge in [0.2, 0.25) is 5.91 Å². The molecule has 0 saturated carbocycles. The van der Waals surface area contributed by atoms with Crippen LogP contribution in [0.4, 0.5) is 5.69 Å². The first-order chi connectivity index (χ1) is 16.0. The SMILES string of the molecule is CCN(CC)CCN(CCN(CC)CC)c1ccccc1-c1nc2cncnc2n1C(C)=O. The number of likely N-dealkylation sites (N-methyl/N-ethyl adjacent to an activating group) is 2. The van der Waals surface area contributed by atoms with E-state index in [1.807, 2.05) is 12.1 Å². The van der Waals surface area contributed by atoms with E-state index in [9.17, 15) is 4.79 Å². The molecule has 0 atom stereocenters. The van der Waals surface area contributed by atoms with E-state index in [0.717, 1.165) is 63.6 Å². The highest BCUT2D eigenvalue weighted by Crippen LogP contribution is 2.32. The third kappa shape index (κ3) is 5.75. The molecule has 0 spiro atoms. The van der Waals surface area contributed by atoms with E-state index in [4.69, 9.17) is 4.98 Å². The summed E-state index contributed by atoms with van der Waals surface area (Å²) >= 11 is 0. The molecule has 0 aliphatic carbocycles. The molecule has 0 fully saturated rings. The van der Waals surface area contributed by atoms with Gasteiger partial charge in [-0.15, -0.1) is 0 Å². The number of para-hydroxylation sites is 1. The maximum atomic E-state index is 12.6. The fourth-order valence-electron chi connectivity index (χ4n) is 4.21. The number of benzene rings is 1. The number of carbonyl (C=O) groups excluding carboxylic acids is 1. The Morgan fingerprint density at radius 3 is 2.09 bits per heavy atom. The van der Waals surface area contributed by atoms with Crippen molar-refractivity contribution < 1.29 is 4.79 Å². The lowest BCUT2D eigenvalue weighted by atomic mass is 10.1. The highest BCUT2D eigenvalue weighted by atomic mass is 16.1. The molecule has 0 radical (unpaired) electrons. The quantitative estimate of drug-likeness (QED) is 0.416. The van der Waals surface area contributed by atoms with E-state index < -0.39 is 0 Å². The molecule has 1 aromatic carbocycles. The van der Waals surface area contributed by atoms with Crippen LogP contribution in [-0.4, -0.2) is 87.6 Å². The molecule has 0 aliphatic rings. The Morgan fingerprint density at radius 1 is 0.909 bits per heavy atom. The summed E-state index contributed by atoms with van der Waals surface area (Å²) in [7, 11) is 0. The van der Waals surface area contributed by atoms with Crippen LogP contribution >= 0.6 is 0 Å². The van der Waals surface area contributed by atoms with Crippen LogP contribution in [0.2, 0.25) is 0 Å². The first-order valence-electron chi connectivity index (χ1n) is 12.0. The normalized spacial score (nSPS) is 11.6. The number of hydrogen-bond acceptors (Lipinski definition) is 7. The Hall–Kier alpha value is -2.84. The molecule has 3 rings (SSSR count). The molecule has 0 bridgehead atoms. The van der Waals surface area contributed by atoms with Crippen molar-refractivity contribution in [2.45, 2.75) is 34.6 Å². The Kier molecular flexibility index (Phi) is 8.91. The minimum Gasteiger partial charge on any atom is -0.368 e. The van der Waals surface area contributed by atoms with Gasteiger partial charge in [0, 0.05) is 44.4 Å². The van der Waals surface area contributed by atoms with Crippen LogP contribution in [0.5, 0.6) is 0 Å². The predicted octanol–water partition coefficient (Wildman–Crippen LogP) is 3.64. The Morgan fingerprint density at radius 2 is 1.52 bits per heavy atom. The average molecular weight is 452 g/mol. The molecule has 178 valence electrons. The number of anilines is 1. The van der Waals surface area contributed by atoms with Crippen molar-refractivity contribution in [1.82, 2.24) is 29.3 Å². The largest absolute Gasteiger partial charge is 0.368 e. The molecule has 33 heavy (non-hydrogen) atoms. The van der Waals surface area contributed by atoms with Gasteiger partial charge < -0.3 is 14.7 Å². The minimum atomic E-state index is -0.112. The fourth-order valence-corrected chi connectivity index (χ4v) is 4.21. The lowest BCUT2D eigenvalue weighted by molar-refractivity contribution is 0.0942. The summed E-state index contributed by atoms with van der Waals surface area (Å²) in [6.07, 6.45) is 3.12. The molecule has 0 unspecified atom stereocenters. The molecule has 0 aliphatic heterocycles. The van der Waals surface area contributed by atoms with Crippen molar-refractivity contribution in [2.24, 2.45) is 0 Å². The van der Waals surface area contributed by atoms with Crippen LogP contribution in [0, 0.1) is 0 Å². The molecule has 8 heteroatoms. The highest BCUT2D eigenvalue weighted by molar-refractivity contribution is 5.93. The number of fused-ring (bicyclic) bond motifs is 1. The summed E-state index contributed by atoms with van der Waals surface area (Å²) in [6, 6.07) is 8.24. The van der Waals surface area contributed by atoms with Gasteiger partial charge in [0.05, 0.1) is 6.20 Å². The number of hydrogen-bond donors (Lipinski definition) is 0. The molecule has 0 N–H and O–H groups in total. The molecule has 2 heterocycles. The molecule has 2 aromatic heterocycles. The third-order valence-corrected chi connectivity index (χ3v) is 6.28. The summed E-state index contributed by atoms with van der Waals surface area (Å²) in [5.41, 5.74) is 3.18. The van der Waals surface area contributed by atoms with Gasteiger partial charge in [-0.1, -0.05) is 39.8 Å². The number of imidazole rings is 1. The van der Waals surface area contributed by atoms with Crippen molar-refractivity contribution in [3.05, 3.63) is 36.8 Å². The summed E-state index contributed by atoms with van der Waals surface area (Å²) in [5, 5.41) is 0. The van der Waals surface area contributed by atoms with Crippen molar-refractivity contribution >= 4 is 22.8 Å². The summed E-state index contributed by atoms with van der Waals surface area (Å²) in [6.45, 7) is 18.2. The number of carbonyl (C=O) groups is 1. The van der Waals surface area contributed by atoms with E-state index in [-0.39, 0.29) is 5.91 Å². The van der Waals surface area contributed by atoms with Crippen molar-refractivity contribution in [1.29, 1.82) is 0 Å². The number of rotatable bonds is 12. The van der Waals surface area contributed by atoms with E-state index >= 15 is 0 Å². The van der Waals surface area contributed by atoms with Crippen molar-refractivity contribution in [3.8, 4) is 11.4 Å². The van der Waals surface area contributed by atoms with E-state index in [1.165, 1.54) is 6.33 Å². The standard InChI is InChI=1S/C25H37N7O/c1-6-29(7-2)14-16-31(17-15-30(8-3)9-4)23-13-11-10-12-21(23)24-28-22-18-26-19-27-25(22)32(24)20(5)33/h10-13,18-19H,6-9,14-17H2,1-5H3. The second-order valence-corrected chi connectivity index (χ2v) is 8.08. The molecule has 0 amide bonds. The maximum Gasteiger partial charge on any atom is 0.230 e. The third-order valence-electron chi connectivity index (χ3n) is 6.28. The molecule has 8 nitrogen and oxygen atoms in total. The zero-order valence-electron chi connectivity index (χ0n) is 20.7. The highest BCUT2D eigenvalue weighted by Gasteiger charge is 2.21. The van der Waals surface area contributed by atoms with Crippen LogP contribution < -0.4 is 4.90 Å². The predicted molar refractivity (Wildman–Crippen MR) is 135 cm³/mol. The van der Waals surface area contributed by atoms with Gasteiger partial charge in [-0.25, -0.2) is 19.5 Å². The molecular weight excluding hydrogens is 414 g/mol. The summed E-state index contributed by atoms with van der Waals surface area (Å²) in [5.74, 6) is 0.503. The van der Waals surface area contributed by atoms with Crippen LogP contribution in [0.1, 0.15) is 39.4 Å². The van der Waals surface area contributed by atoms with Gasteiger partial charge in [0.25, 0.3) is 0 Å². The Balaban J connectivity index is 2.05.